The number of ether oxygens (including phenoxy) is 1. The second-order valence-electron chi connectivity index (χ2n) is 4.06. The molecule has 0 spiro atoms. The van der Waals surface area contributed by atoms with Crippen molar-refractivity contribution in [2.45, 2.75) is 13.0 Å². The molecule has 0 aliphatic rings. The molecule has 0 bridgehead atoms. The van der Waals surface area contributed by atoms with Crippen molar-refractivity contribution in [3.8, 4) is 5.75 Å². The van der Waals surface area contributed by atoms with Crippen molar-refractivity contribution in [3.63, 3.8) is 0 Å². The summed E-state index contributed by atoms with van der Waals surface area (Å²) < 4.78 is 7.07. The molecule has 0 atom stereocenters. The third-order valence-electron chi connectivity index (χ3n) is 2.52. The van der Waals surface area contributed by atoms with Crippen LogP contribution in [0.4, 0.5) is 0 Å². The molecule has 6 nitrogen and oxygen atoms in total. The minimum Gasteiger partial charge on any atom is -0.492 e. The Bertz CT molecular complexity index is 545. The van der Waals surface area contributed by atoms with E-state index in [0.29, 0.717) is 36.9 Å². The lowest BCUT2D eigenvalue weighted by molar-refractivity contribution is -0.121. The second-order valence-corrected chi connectivity index (χ2v) is 4.50. The highest BCUT2D eigenvalue weighted by atomic mass is 35.5. The molecule has 0 fully saturated rings. The molecule has 20 heavy (non-hydrogen) atoms. The van der Waals surface area contributed by atoms with E-state index in [2.05, 4.69) is 15.4 Å². The van der Waals surface area contributed by atoms with Gasteiger partial charge in [0.05, 0.1) is 13.1 Å². The first kappa shape index (κ1) is 14.3. The van der Waals surface area contributed by atoms with Gasteiger partial charge in [-0.1, -0.05) is 17.7 Å². The Kier molecular flexibility index (Phi) is 5.37. The smallest absolute Gasteiger partial charge is 0.221 e. The van der Waals surface area contributed by atoms with Crippen LogP contribution in [-0.2, 0) is 11.3 Å². The Labute approximate surface area is 121 Å². The Morgan fingerprint density at radius 1 is 1.45 bits per heavy atom. The molecule has 1 amide bonds. The first-order valence-corrected chi connectivity index (χ1v) is 6.59. The number of rotatable bonds is 7. The van der Waals surface area contributed by atoms with Gasteiger partial charge < -0.3 is 10.1 Å². The molecule has 0 radical (unpaired) electrons. The molecule has 0 saturated heterocycles. The van der Waals surface area contributed by atoms with Crippen LogP contribution in [0.3, 0.4) is 0 Å². The lowest BCUT2D eigenvalue weighted by atomic mass is 10.3. The molecule has 1 heterocycles. The largest absolute Gasteiger partial charge is 0.492 e. The normalized spacial score (nSPS) is 10.2. The molecule has 0 aliphatic heterocycles. The summed E-state index contributed by atoms with van der Waals surface area (Å²) in [5, 5.41) is 7.32. The van der Waals surface area contributed by atoms with Crippen LogP contribution in [0.15, 0.2) is 36.9 Å². The van der Waals surface area contributed by atoms with Gasteiger partial charge in [-0.05, 0) is 18.2 Å². The van der Waals surface area contributed by atoms with Crippen LogP contribution >= 0.6 is 11.6 Å². The van der Waals surface area contributed by atoms with Gasteiger partial charge in [-0.2, -0.15) is 5.10 Å². The number of benzene rings is 1. The molecule has 106 valence electrons. The van der Waals surface area contributed by atoms with Crippen molar-refractivity contribution < 1.29 is 9.53 Å². The summed E-state index contributed by atoms with van der Waals surface area (Å²) in [6.45, 7) is 1.36. The van der Waals surface area contributed by atoms with Crippen molar-refractivity contribution in [3.05, 3.63) is 41.9 Å². The second kappa shape index (κ2) is 7.49. The lowest BCUT2D eigenvalue weighted by Crippen LogP contribution is -2.28. The first-order valence-electron chi connectivity index (χ1n) is 6.21. The molecule has 1 N–H and O–H groups in total. The van der Waals surface area contributed by atoms with E-state index in [1.807, 2.05) is 12.1 Å². The van der Waals surface area contributed by atoms with Crippen LogP contribution in [-0.4, -0.2) is 33.8 Å². The van der Waals surface area contributed by atoms with Crippen molar-refractivity contribution in [1.29, 1.82) is 0 Å². The number of amides is 1. The molecule has 2 rings (SSSR count). The van der Waals surface area contributed by atoms with Crippen LogP contribution in [0, 0.1) is 0 Å². The highest BCUT2D eigenvalue weighted by molar-refractivity contribution is 6.30. The van der Waals surface area contributed by atoms with Crippen LogP contribution in [0.25, 0.3) is 0 Å². The molecule has 1 aromatic carbocycles. The van der Waals surface area contributed by atoms with Gasteiger partial charge in [-0.3, -0.25) is 9.48 Å². The fourth-order valence-corrected chi connectivity index (χ4v) is 1.75. The van der Waals surface area contributed by atoms with Gasteiger partial charge in [0.2, 0.25) is 5.91 Å². The molecule has 0 aliphatic carbocycles. The van der Waals surface area contributed by atoms with Gasteiger partial charge in [0.25, 0.3) is 0 Å². The number of hydrogen-bond acceptors (Lipinski definition) is 4. The average Bonchev–Trinajstić information content (AvgIpc) is 2.95. The zero-order chi connectivity index (χ0) is 14.2. The van der Waals surface area contributed by atoms with Crippen LogP contribution in [0.5, 0.6) is 5.75 Å². The van der Waals surface area contributed by atoms with E-state index in [1.54, 1.807) is 23.1 Å². The standard InChI is InChI=1S/C13H15ClN4O2/c14-11-2-1-3-12(8-11)20-7-5-16-13(19)4-6-18-10-15-9-17-18/h1-3,8-10H,4-7H2,(H,16,19). The van der Waals surface area contributed by atoms with Gasteiger partial charge in [-0.15, -0.1) is 0 Å². The first-order chi connectivity index (χ1) is 9.74. The number of hydrogen-bond donors (Lipinski definition) is 1. The number of halogens is 1. The maximum Gasteiger partial charge on any atom is 0.221 e. The van der Waals surface area contributed by atoms with E-state index in [4.69, 9.17) is 16.3 Å². The molecule has 7 heteroatoms. The van der Waals surface area contributed by atoms with E-state index < -0.39 is 0 Å². The number of carbonyl (C=O) groups excluding carboxylic acids is 1. The SMILES string of the molecule is O=C(CCn1cncn1)NCCOc1cccc(Cl)c1. The summed E-state index contributed by atoms with van der Waals surface area (Å²) in [4.78, 5) is 15.4. The van der Waals surface area contributed by atoms with E-state index in [9.17, 15) is 4.79 Å². The summed E-state index contributed by atoms with van der Waals surface area (Å²) in [6, 6.07) is 7.14. The van der Waals surface area contributed by atoms with Gasteiger partial charge in [0.1, 0.15) is 25.0 Å². The van der Waals surface area contributed by atoms with Gasteiger partial charge in [0, 0.05) is 11.4 Å². The molecule has 2 aromatic rings. The quantitative estimate of drug-likeness (QED) is 0.786. The number of carbonyl (C=O) groups is 1. The summed E-state index contributed by atoms with van der Waals surface area (Å²) in [5.41, 5.74) is 0. The van der Waals surface area contributed by atoms with E-state index >= 15 is 0 Å². The van der Waals surface area contributed by atoms with Crippen LogP contribution in [0.1, 0.15) is 6.42 Å². The maximum atomic E-state index is 11.6. The van der Waals surface area contributed by atoms with Crippen LogP contribution in [0.2, 0.25) is 5.02 Å². The highest BCUT2D eigenvalue weighted by Crippen LogP contribution is 2.16. The van der Waals surface area contributed by atoms with Crippen LogP contribution < -0.4 is 10.1 Å². The maximum absolute atomic E-state index is 11.6. The summed E-state index contributed by atoms with van der Waals surface area (Å²) in [7, 11) is 0. The molecular weight excluding hydrogens is 280 g/mol. The van der Waals surface area contributed by atoms with Crippen molar-refractivity contribution in [1.82, 2.24) is 20.1 Å². The van der Waals surface area contributed by atoms with E-state index in [0.717, 1.165) is 0 Å². The number of aryl methyl sites for hydroxylation is 1. The Morgan fingerprint density at radius 2 is 2.35 bits per heavy atom. The van der Waals surface area contributed by atoms with E-state index in [1.165, 1.54) is 6.33 Å². The van der Waals surface area contributed by atoms with Gasteiger partial charge in [0.15, 0.2) is 0 Å². The summed E-state index contributed by atoms with van der Waals surface area (Å²) >= 11 is 5.84. The summed E-state index contributed by atoms with van der Waals surface area (Å²) in [5.74, 6) is 0.643. The zero-order valence-corrected chi connectivity index (χ0v) is 11.6. The minimum atomic E-state index is -0.0461. The predicted molar refractivity (Wildman–Crippen MR) is 74.6 cm³/mol. The molecule has 0 saturated carbocycles. The topological polar surface area (TPSA) is 69.0 Å². The third kappa shape index (κ3) is 4.89. The van der Waals surface area contributed by atoms with Crippen molar-refractivity contribution >= 4 is 17.5 Å². The number of aromatic nitrogens is 3. The van der Waals surface area contributed by atoms with Crippen molar-refractivity contribution in [2.24, 2.45) is 0 Å². The number of nitrogens with zero attached hydrogens (tertiary/aromatic N) is 3. The van der Waals surface area contributed by atoms with E-state index in [-0.39, 0.29) is 5.91 Å². The Morgan fingerprint density at radius 3 is 3.10 bits per heavy atom. The Balaban J connectivity index is 1.59. The minimum absolute atomic E-state index is 0.0461. The zero-order valence-electron chi connectivity index (χ0n) is 10.8. The molecule has 1 aromatic heterocycles. The monoisotopic (exact) mass is 294 g/mol. The predicted octanol–water partition coefficient (Wildman–Crippen LogP) is 1.52. The fourth-order valence-electron chi connectivity index (χ4n) is 1.57. The van der Waals surface area contributed by atoms with Gasteiger partial charge in [-0.25, -0.2) is 4.98 Å². The number of nitrogens with one attached hydrogen (secondary N) is 1. The fraction of sp³-hybridized carbons (Fsp3) is 0.308. The average molecular weight is 295 g/mol. The molecular formula is C13H15ClN4O2. The highest BCUT2D eigenvalue weighted by Gasteiger charge is 2.02. The third-order valence-corrected chi connectivity index (χ3v) is 2.76. The van der Waals surface area contributed by atoms with Crippen molar-refractivity contribution in [2.75, 3.05) is 13.2 Å². The Hall–Kier alpha value is -2.08. The molecule has 0 unspecified atom stereocenters. The summed E-state index contributed by atoms with van der Waals surface area (Å²) in [6.07, 6.45) is 3.38. The lowest BCUT2D eigenvalue weighted by Gasteiger charge is -2.08. The van der Waals surface area contributed by atoms with Gasteiger partial charge >= 0.3 is 0 Å².